The Balaban J connectivity index is 1.52. The van der Waals surface area contributed by atoms with Crippen molar-refractivity contribution in [2.24, 2.45) is 0 Å². The van der Waals surface area contributed by atoms with Crippen LogP contribution in [0.3, 0.4) is 0 Å². The molecule has 6 rings (SSSR count). The zero-order valence-electron chi connectivity index (χ0n) is 14.8. The molecular weight excluding hydrogens is 364 g/mol. The van der Waals surface area contributed by atoms with Gasteiger partial charge in [-0.25, -0.2) is 0 Å². The molecule has 0 aliphatic carbocycles. The van der Waals surface area contributed by atoms with Crippen molar-refractivity contribution in [2.45, 2.75) is 0 Å². The molecule has 0 spiro atoms. The van der Waals surface area contributed by atoms with Gasteiger partial charge in [-0.15, -0.1) is 0 Å². The van der Waals surface area contributed by atoms with Crippen molar-refractivity contribution in [2.75, 3.05) is 0 Å². The molecule has 0 aliphatic rings. The van der Waals surface area contributed by atoms with Gasteiger partial charge >= 0.3 is 0 Å². The highest BCUT2D eigenvalue weighted by Crippen LogP contribution is 2.32. The number of aromatic nitrogens is 4. The molecule has 5 heteroatoms. The lowest BCUT2D eigenvalue weighted by molar-refractivity contribution is 1.18. The van der Waals surface area contributed by atoms with Crippen LogP contribution in [0.2, 0.25) is 0 Å². The molecule has 3 aromatic carbocycles. The van der Waals surface area contributed by atoms with Crippen LogP contribution < -0.4 is 0 Å². The van der Waals surface area contributed by atoms with Crippen molar-refractivity contribution < 1.29 is 0 Å². The third-order valence-corrected chi connectivity index (χ3v) is 5.70. The Morgan fingerprint density at radius 1 is 0.679 bits per heavy atom. The predicted octanol–water partition coefficient (Wildman–Crippen LogP) is 5.85. The van der Waals surface area contributed by atoms with Crippen molar-refractivity contribution in [3.63, 3.8) is 0 Å². The van der Waals surface area contributed by atoms with Crippen LogP contribution in [0.5, 0.6) is 0 Å². The Morgan fingerprint density at radius 2 is 1.32 bits per heavy atom. The first-order chi connectivity index (χ1) is 13.9. The zero-order chi connectivity index (χ0) is 18.5. The number of hydrogen-bond acceptors (Lipinski definition) is 4. The van der Waals surface area contributed by atoms with Gasteiger partial charge in [-0.1, -0.05) is 48.5 Å². The summed E-state index contributed by atoms with van der Waals surface area (Å²) < 4.78 is 10.9. The van der Waals surface area contributed by atoms with Gasteiger partial charge in [0.2, 0.25) is 0 Å². The first kappa shape index (κ1) is 15.5. The standard InChI is InChI=1S/C23H14N4S/c1-3-7-22-17(5-1)18-6-2-4-8-23(18)27(22)16-11-9-15(10-12-16)19-13-20-21(14-24-19)26-28-25-20/h1-14H. The van der Waals surface area contributed by atoms with E-state index in [2.05, 4.69) is 91.1 Å². The third kappa shape index (κ3) is 2.27. The fourth-order valence-electron chi connectivity index (χ4n) is 3.83. The summed E-state index contributed by atoms with van der Waals surface area (Å²) >= 11 is 1.22. The fourth-order valence-corrected chi connectivity index (χ4v) is 4.33. The van der Waals surface area contributed by atoms with Gasteiger partial charge in [-0.2, -0.15) is 8.75 Å². The van der Waals surface area contributed by atoms with Gasteiger partial charge in [-0.05, 0) is 30.3 Å². The van der Waals surface area contributed by atoms with Crippen molar-refractivity contribution in [3.05, 3.63) is 85.1 Å². The average molecular weight is 378 g/mol. The van der Waals surface area contributed by atoms with Crippen molar-refractivity contribution in [1.82, 2.24) is 18.3 Å². The van der Waals surface area contributed by atoms with Crippen LogP contribution in [0.15, 0.2) is 85.1 Å². The zero-order valence-corrected chi connectivity index (χ0v) is 15.6. The molecule has 132 valence electrons. The Morgan fingerprint density at radius 3 is 2.04 bits per heavy atom. The molecule has 0 saturated carbocycles. The molecule has 0 N–H and O–H groups in total. The summed E-state index contributed by atoms with van der Waals surface area (Å²) in [6.45, 7) is 0. The topological polar surface area (TPSA) is 43.6 Å². The molecule has 0 amide bonds. The van der Waals surface area contributed by atoms with Gasteiger partial charge in [0.1, 0.15) is 11.0 Å². The summed E-state index contributed by atoms with van der Waals surface area (Å²) in [4.78, 5) is 4.54. The van der Waals surface area contributed by atoms with E-state index in [1.807, 2.05) is 6.07 Å². The maximum atomic E-state index is 4.54. The van der Waals surface area contributed by atoms with Gasteiger partial charge in [0.25, 0.3) is 0 Å². The first-order valence-electron chi connectivity index (χ1n) is 9.06. The summed E-state index contributed by atoms with van der Waals surface area (Å²) in [5, 5.41) is 2.54. The Hall–Kier alpha value is -3.57. The van der Waals surface area contributed by atoms with Crippen molar-refractivity contribution in [3.8, 4) is 16.9 Å². The molecule has 0 unspecified atom stereocenters. The van der Waals surface area contributed by atoms with Gasteiger partial charge in [0.05, 0.1) is 34.7 Å². The van der Waals surface area contributed by atoms with Gasteiger partial charge in [0, 0.05) is 22.0 Å². The number of rotatable bonds is 2. The van der Waals surface area contributed by atoms with E-state index in [1.54, 1.807) is 6.20 Å². The van der Waals surface area contributed by atoms with Crippen LogP contribution in [-0.4, -0.2) is 18.3 Å². The lowest BCUT2D eigenvalue weighted by Gasteiger charge is -2.09. The molecular formula is C23H14N4S. The molecule has 3 aromatic heterocycles. The smallest absolute Gasteiger partial charge is 0.123 e. The largest absolute Gasteiger partial charge is 0.309 e. The second-order valence-corrected chi connectivity index (χ2v) is 7.27. The van der Waals surface area contributed by atoms with Gasteiger partial charge < -0.3 is 4.57 Å². The molecule has 28 heavy (non-hydrogen) atoms. The lowest BCUT2D eigenvalue weighted by Crippen LogP contribution is -1.93. The quantitative estimate of drug-likeness (QED) is 0.379. The second kappa shape index (κ2) is 5.97. The summed E-state index contributed by atoms with van der Waals surface area (Å²) in [5.41, 5.74) is 7.28. The van der Waals surface area contributed by atoms with Crippen LogP contribution in [0, 0.1) is 0 Å². The van der Waals surface area contributed by atoms with Crippen LogP contribution in [-0.2, 0) is 0 Å². The SMILES string of the molecule is c1ccc2c(c1)c1ccccc1n2-c1ccc(-c2cc3nsnc3cn2)cc1. The first-order valence-corrected chi connectivity index (χ1v) is 9.79. The summed E-state index contributed by atoms with van der Waals surface area (Å²) in [6.07, 6.45) is 1.79. The Kier molecular flexibility index (Phi) is 3.30. The molecule has 3 heterocycles. The number of nitrogens with zero attached hydrogens (tertiary/aromatic N) is 4. The lowest BCUT2D eigenvalue weighted by atomic mass is 10.1. The molecule has 4 nitrogen and oxygen atoms in total. The number of benzene rings is 3. The maximum Gasteiger partial charge on any atom is 0.123 e. The minimum atomic E-state index is 0.843. The van der Waals surface area contributed by atoms with E-state index in [0.717, 1.165) is 28.0 Å². The molecule has 0 saturated heterocycles. The minimum Gasteiger partial charge on any atom is -0.309 e. The van der Waals surface area contributed by atoms with E-state index >= 15 is 0 Å². The minimum absolute atomic E-state index is 0.843. The number of pyridine rings is 1. The monoisotopic (exact) mass is 378 g/mol. The van der Waals surface area contributed by atoms with E-state index in [9.17, 15) is 0 Å². The summed E-state index contributed by atoms with van der Waals surface area (Å²) in [7, 11) is 0. The third-order valence-electron chi connectivity index (χ3n) is 5.14. The molecule has 0 fully saturated rings. The van der Waals surface area contributed by atoms with Gasteiger partial charge in [-0.3, -0.25) is 4.98 Å². The highest BCUT2D eigenvalue weighted by molar-refractivity contribution is 7.00. The van der Waals surface area contributed by atoms with Crippen LogP contribution >= 0.6 is 11.7 Å². The van der Waals surface area contributed by atoms with E-state index < -0.39 is 0 Å². The summed E-state index contributed by atoms with van der Waals surface area (Å²) in [5.74, 6) is 0. The second-order valence-electron chi connectivity index (χ2n) is 6.74. The number of fused-ring (bicyclic) bond motifs is 4. The van der Waals surface area contributed by atoms with Crippen LogP contribution in [0.4, 0.5) is 0 Å². The predicted molar refractivity (Wildman–Crippen MR) is 115 cm³/mol. The molecule has 0 radical (unpaired) electrons. The van der Waals surface area contributed by atoms with Crippen LogP contribution in [0.25, 0.3) is 49.8 Å². The van der Waals surface area contributed by atoms with Crippen molar-refractivity contribution in [1.29, 1.82) is 0 Å². The molecule has 6 aromatic rings. The van der Waals surface area contributed by atoms with E-state index in [1.165, 1.54) is 33.5 Å². The maximum absolute atomic E-state index is 4.54. The van der Waals surface area contributed by atoms with E-state index in [0.29, 0.717) is 0 Å². The average Bonchev–Trinajstić information content (AvgIpc) is 3.36. The highest BCUT2D eigenvalue weighted by Gasteiger charge is 2.11. The Bertz CT molecular complexity index is 1410. The molecule has 0 bridgehead atoms. The number of hydrogen-bond donors (Lipinski definition) is 0. The Labute approximate surface area is 165 Å². The van der Waals surface area contributed by atoms with Gasteiger partial charge in [0.15, 0.2) is 0 Å². The van der Waals surface area contributed by atoms with Crippen molar-refractivity contribution >= 4 is 44.6 Å². The normalized spacial score (nSPS) is 11.6. The van der Waals surface area contributed by atoms with E-state index in [4.69, 9.17) is 0 Å². The number of para-hydroxylation sites is 2. The fraction of sp³-hybridized carbons (Fsp3) is 0. The molecule has 0 atom stereocenters. The molecule has 0 aliphatic heterocycles. The van der Waals surface area contributed by atoms with Crippen LogP contribution in [0.1, 0.15) is 0 Å². The highest BCUT2D eigenvalue weighted by atomic mass is 32.1. The summed E-state index contributed by atoms with van der Waals surface area (Å²) in [6, 6.07) is 27.6. The van der Waals surface area contributed by atoms with E-state index in [-0.39, 0.29) is 0 Å².